The minimum Gasteiger partial charge on any atom is -0.445 e. The molecular weight excluding hydrogens is 586 g/mol. The van der Waals surface area contributed by atoms with E-state index in [1.54, 1.807) is 0 Å². The van der Waals surface area contributed by atoms with Crippen molar-refractivity contribution in [3.05, 3.63) is 35.9 Å². The number of aliphatic hydroxyl groups excluding tert-OH is 2. The minimum atomic E-state index is -1.21. The second-order valence-electron chi connectivity index (χ2n) is 10.7. The first-order valence-corrected chi connectivity index (χ1v) is 15.8. The van der Waals surface area contributed by atoms with Crippen molar-refractivity contribution in [1.82, 2.24) is 21.3 Å². The smallest absolute Gasteiger partial charge is 0.408 e. The third-order valence-corrected chi connectivity index (χ3v) is 6.48. The normalized spacial score (nSPS) is 14.0. The molecule has 0 aliphatic rings. The molecule has 2 amide bonds. The van der Waals surface area contributed by atoms with Gasteiger partial charge in [-0.2, -0.15) is 0 Å². The quantitative estimate of drug-likeness (QED) is 0.0371. The second kappa shape index (κ2) is 26.7. The van der Waals surface area contributed by atoms with Gasteiger partial charge >= 0.3 is 6.09 Å². The van der Waals surface area contributed by atoms with Crippen LogP contribution in [0, 0.1) is 0 Å². The van der Waals surface area contributed by atoms with Gasteiger partial charge in [0.05, 0.1) is 39.6 Å². The maximum absolute atomic E-state index is 13.0. The van der Waals surface area contributed by atoms with Crippen LogP contribution in [0.25, 0.3) is 0 Å². The number of nitrogens with two attached hydrogens (primary N) is 3. The van der Waals surface area contributed by atoms with Crippen LogP contribution in [0.2, 0.25) is 0 Å². The monoisotopic (exact) mass is 643 g/mol. The van der Waals surface area contributed by atoms with Crippen molar-refractivity contribution in [2.24, 2.45) is 17.2 Å². The highest BCUT2D eigenvalue weighted by atomic mass is 16.6. The fraction of sp³-hybridized carbons (Fsp3) is 0.733. The van der Waals surface area contributed by atoms with Gasteiger partial charge in [0.2, 0.25) is 5.91 Å². The Morgan fingerprint density at radius 3 is 1.80 bits per heavy atom. The van der Waals surface area contributed by atoms with E-state index < -0.39 is 24.1 Å². The summed E-state index contributed by atoms with van der Waals surface area (Å²) in [5.74, 6) is -0.177. The zero-order valence-corrected chi connectivity index (χ0v) is 26.6. The van der Waals surface area contributed by atoms with E-state index in [9.17, 15) is 19.8 Å². The molecular formula is C30H57N7O8. The lowest BCUT2D eigenvalue weighted by molar-refractivity contribution is -0.122. The highest BCUT2D eigenvalue weighted by molar-refractivity contribution is 5.75. The highest BCUT2D eigenvalue weighted by Crippen LogP contribution is 2.12. The summed E-state index contributed by atoms with van der Waals surface area (Å²) in [7, 11) is 0. The molecule has 0 aromatic heterocycles. The van der Waals surface area contributed by atoms with Crippen molar-refractivity contribution in [3.8, 4) is 0 Å². The van der Waals surface area contributed by atoms with Gasteiger partial charge in [-0.05, 0) is 57.5 Å². The number of carbonyl (C=O) groups excluding carboxylic acids is 2. The Morgan fingerprint density at radius 1 is 0.756 bits per heavy atom. The Morgan fingerprint density at radius 2 is 1.27 bits per heavy atom. The summed E-state index contributed by atoms with van der Waals surface area (Å²) in [6.45, 7) is 3.49. The molecule has 0 heterocycles. The Kier molecular flexibility index (Phi) is 24.1. The Bertz CT molecular complexity index is 848. The lowest BCUT2D eigenvalue weighted by Gasteiger charge is -2.34. The van der Waals surface area contributed by atoms with Gasteiger partial charge in [0, 0.05) is 25.8 Å². The van der Waals surface area contributed by atoms with Crippen molar-refractivity contribution < 1.29 is 38.7 Å². The average molecular weight is 644 g/mol. The van der Waals surface area contributed by atoms with E-state index in [-0.39, 0.29) is 58.6 Å². The molecule has 0 spiro atoms. The van der Waals surface area contributed by atoms with E-state index in [1.165, 1.54) is 0 Å². The number of amides is 2. The van der Waals surface area contributed by atoms with Crippen LogP contribution in [-0.2, 0) is 30.3 Å². The number of ether oxygens (including phenoxy) is 4. The number of hydrogen-bond donors (Lipinski definition) is 9. The molecule has 0 saturated heterocycles. The SMILES string of the molecule is NCCCNC(=O)CCOCC(COCCC(O)NCCCN)(COCCC(O)NCCCN)NC(=O)OCc1ccccc1. The van der Waals surface area contributed by atoms with Gasteiger partial charge in [-0.15, -0.1) is 0 Å². The topological polar surface area (TPSA) is 238 Å². The van der Waals surface area contributed by atoms with Crippen LogP contribution in [0.15, 0.2) is 30.3 Å². The van der Waals surface area contributed by atoms with Crippen LogP contribution >= 0.6 is 0 Å². The maximum Gasteiger partial charge on any atom is 0.408 e. The van der Waals surface area contributed by atoms with Crippen LogP contribution < -0.4 is 38.5 Å². The van der Waals surface area contributed by atoms with Crippen molar-refractivity contribution in [1.29, 1.82) is 0 Å². The minimum absolute atomic E-state index is 0.0387. The van der Waals surface area contributed by atoms with E-state index in [0.717, 1.165) is 18.4 Å². The number of carbonyl (C=O) groups is 2. The third kappa shape index (κ3) is 21.8. The summed E-state index contributed by atoms with van der Waals surface area (Å²) in [6, 6.07) is 9.25. The molecule has 1 aromatic carbocycles. The third-order valence-electron chi connectivity index (χ3n) is 6.48. The summed E-state index contributed by atoms with van der Waals surface area (Å²) >= 11 is 0. The molecule has 15 heteroatoms. The molecule has 0 bridgehead atoms. The van der Waals surface area contributed by atoms with Crippen molar-refractivity contribution in [2.75, 3.05) is 78.9 Å². The molecule has 260 valence electrons. The summed E-state index contributed by atoms with van der Waals surface area (Å²) in [5.41, 5.74) is 16.1. The summed E-state index contributed by atoms with van der Waals surface area (Å²) in [4.78, 5) is 25.1. The van der Waals surface area contributed by atoms with E-state index in [1.807, 2.05) is 30.3 Å². The fourth-order valence-electron chi connectivity index (χ4n) is 3.93. The van der Waals surface area contributed by atoms with Gasteiger partial charge < -0.3 is 57.0 Å². The number of hydrogen-bond acceptors (Lipinski definition) is 13. The molecule has 2 atom stereocenters. The zero-order valence-electron chi connectivity index (χ0n) is 26.6. The first-order chi connectivity index (χ1) is 21.8. The maximum atomic E-state index is 13.0. The zero-order chi connectivity index (χ0) is 33.0. The van der Waals surface area contributed by atoms with Crippen LogP contribution in [0.3, 0.4) is 0 Å². The van der Waals surface area contributed by atoms with Gasteiger partial charge in [0.25, 0.3) is 0 Å². The highest BCUT2D eigenvalue weighted by Gasteiger charge is 2.35. The summed E-state index contributed by atoms with van der Waals surface area (Å²) in [6.07, 6.45) is 0.563. The first-order valence-electron chi connectivity index (χ1n) is 15.8. The molecule has 1 rings (SSSR count). The van der Waals surface area contributed by atoms with Gasteiger partial charge in [-0.1, -0.05) is 30.3 Å². The Hall–Kier alpha value is -2.44. The van der Waals surface area contributed by atoms with Crippen molar-refractivity contribution in [2.45, 2.75) is 63.1 Å². The number of benzene rings is 1. The van der Waals surface area contributed by atoms with E-state index in [2.05, 4.69) is 21.3 Å². The molecule has 0 radical (unpaired) electrons. The van der Waals surface area contributed by atoms with Crippen LogP contribution in [0.4, 0.5) is 4.79 Å². The molecule has 1 aromatic rings. The van der Waals surface area contributed by atoms with Crippen LogP contribution in [0.1, 0.15) is 44.1 Å². The van der Waals surface area contributed by atoms with Crippen molar-refractivity contribution >= 4 is 12.0 Å². The molecule has 45 heavy (non-hydrogen) atoms. The van der Waals surface area contributed by atoms with Crippen LogP contribution in [0.5, 0.6) is 0 Å². The number of rotatable bonds is 29. The van der Waals surface area contributed by atoms with E-state index in [0.29, 0.717) is 58.5 Å². The van der Waals surface area contributed by atoms with Crippen molar-refractivity contribution in [3.63, 3.8) is 0 Å². The van der Waals surface area contributed by atoms with E-state index in [4.69, 9.17) is 36.1 Å². The molecule has 0 saturated carbocycles. The molecule has 15 nitrogen and oxygen atoms in total. The van der Waals surface area contributed by atoms with Gasteiger partial charge in [0.1, 0.15) is 24.6 Å². The standard InChI is InChI=1S/C30H57N7O8/c31-12-4-15-34-26(38)9-18-42-22-30(23-43-19-10-27(39)35-16-5-13-32,24-44-20-11-28(40)36-17-6-14-33)37-29(41)45-21-25-7-2-1-3-8-25/h1-3,7-8,26-27,34-35,38-39H,4-6,9-24,31-33H2,(H,36,40)(H,37,41). The van der Waals surface area contributed by atoms with Crippen LogP contribution in [-0.4, -0.2) is 119 Å². The predicted octanol–water partition coefficient (Wildman–Crippen LogP) is -1.15. The van der Waals surface area contributed by atoms with E-state index >= 15 is 0 Å². The summed E-state index contributed by atoms with van der Waals surface area (Å²) in [5, 5.41) is 31.9. The largest absolute Gasteiger partial charge is 0.445 e. The lowest BCUT2D eigenvalue weighted by Crippen LogP contribution is -2.59. The van der Waals surface area contributed by atoms with Gasteiger partial charge in [0.15, 0.2) is 0 Å². The summed E-state index contributed by atoms with van der Waals surface area (Å²) < 4.78 is 23.1. The molecule has 12 N–H and O–H groups in total. The average Bonchev–Trinajstić information content (AvgIpc) is 3.03. The molecule has 0 aliphatic heterocycles. The van der Waals surface area contributed by atoms with Gasteiger partial charge in [-0.3, -0.25) is 15.4 Å². The Labute approximate surface area is 267 Å². The fourth-order valence-corrected chi connectivity index (χ4v) is 3.93. The van der Waals surface area contributed by atoms with Gasteiger partial charge in [-0.25, -0.2) is 4.79 Å². The number of aliphatic hydroxyl groups is 2. The predicted molar refractivity (Wildman–Crippen MR) is 171 cm³/mol. The number of nitrogens with one attached hydrogen (secondary N) is 4. The first kappa shape index (κ1) is 40.6. The Balaban J connectivity index is 2.88. The number of alkyl carbamates (subject to hydrolysis) is 1. The lowest BCUT2D eigenvalue weighted by atomic mass is 10.0. The second-order valence-corrected chi connectivity index (χ2v) is 10.7. The molecule has 2 unspecified atom stereocenters. The molecule has 0 aliphatic carbocycles. The molecule has 0 fully saturated rings.